The van der Waals surface area contributed by atoms with Crippen LogP contribution in [0.15, 0.2) is 85.1 Å². The number of aryl methyl sites for hydroxylation is 1. The third-order valence-electron chi connectivity index (χ3n) is 5.54. The van der Waals surface area contributed by atoms with Crippen LogP contribution >= 0.6 is 0 Å². The average Bonchev–Trinajstić information content (AvgIpc) is 2.85. The number of rotatable bonds is 4. The Morgan fingerprint density at radius 3 is 2.12 bits per heavy atom. The highest BCUT2D eigenvalue weighted by Gasteiger charge is 2.17. The van der Waals surface area contributed by atoms with Crippen molar-refractivity contribution in [3.05, 3.63) is 96.3 Å². The minimum atomic E-state index is 0.0973. The fourth-order valence-electron chi connectivity index (χ4n) is 3.76. The van der Waals surface area contributed by atoms with E-state index < -0.39 is 0 Å². The molecule has 5 rings (SSSR count). The highest BCUT2D eigenvalue weighted by Crippen LogP contribution is 2.38. The van der Waals surface area contributed by atoms with Gasteiger partial charge in [-0.1, -0.05) is 60.7 Å². The van der Waals surface area contributed by atoms with E-state index in [2.05, 4.69) is 4.98 Å². The summed E-state index contributed by atoms with van der Waals surface area (Å²) in [6, 6.07) is 25.6. The van der Waals surface area contributed by atoms with Gasteiger partial charge in [-0.2, -0.15) is 0 Å². The van der Waals surface area contributed by atoms with E-state index in [1.165, 1.54) is 0 Å². The molecule has 0 spiro atoms. The zero-order chi connectivity index (χ0) is 22.1. The Balaban J connectivity index is 1.75. The predicted molar refractivity (Wildman–Crippen MR) is 128 cm³/mol. The van der Waals surface area contributed by atoms with E-state index in [4.69, 9.17) is 15.7 Å². The Bertz CT molecular complexity index is 1400. The number of fused-ring (bicyclic) bond motifs is 1. The highest BCUT2D eigenvalue weighted by molar-refractivity contribution is 5.93. The lowest BCUT2D eigenvalue weighted by Crippen LogP contribution is -1.98. The molecule has 0 aliphatic rings. The number of pyridine rings is 1. The summed E-state index contributed by atoms with van der Waals surface area (Å²) in [6.07, 6.45) is 1.76. The molecule has 5 aromatic rings. The van der Waals surface area contributed by atoms with Crippen LogP contribution in [0.3, 0.4) is 0 Å². The molecule has 0 amide bonds. The first-order valence-electron chi connectivity index (χ1n) is 10.5. The maximum atomic E-state index is 11.1. The molecule has 5 heteroatoms. The number of hydrogen-bond acceptors (Lipinski definition) is 5. The number of phenols is 1. The number of aromatic hydroxyl groups is 1. The summed E-state index contributed by atoms with van der Waals surface area (Å²) in [6.45, 7) is 2.41. The molecule has 0 atom stereocenters. The standard InChI is InChI=1S/C27H22N4O/c1-17-7-10-21(16-29-17)22-13-14-23-26(27(22)32)31-25(20-11-8-18(15-28)9-12-20)24(30-23)19-5-3-2-4-6-19/h2-14,16,32H,15,28H2,1H3. The Morgan fingerprint density at radius 1 is 0.750 bits per heavy atom. The molecule has 0 bridgehead atoms. The largest absolute Gasteiger partial charge is 0.505 e. The van der Waals surface area contributed by atoms with Gasteiger partial charge in [0.2, 0.25) is 0 Å². The van der Waals surface area contributed by atoms with Crippen LogP contribution < -0.4 is 5.73 Å². The molecule has 0 fully saturated rings. The van der Waals surface area contributed by atoms with Crippen molar-refractivity contribution in [1.29, 1.82) is 0 Å². The molecule has 5 nitrogen and oxygen atoms in total. The second-order valence-electron chi connectivity index (χ2n) is 7.71. The van der Waals surface area contributed by atoms with Gasteiger partial charge >= 0.3 is 0 Å². The Morgan fingerprint density at radius 2 is 1.44 bits per heavy atom. The monoisotopic (exact) mass is 418 g/mol. The first kappa shape index (κ1) is 19.8. The Hall–Kier alpha value is -4.09. The van der Waals surface area contributed by atoms with E-state index in [0.717, 1.165) is 33.6 Å². The lowest BCUT2D eigenvalue weighted by atomic mass is 10.0. The van der Waals surface area contributed by atoms with Crippen LogP contribution in [0.25, 0.3) is 44.7 Å². The van der Waals surface area contributed by atoms with Gasteiger partial charge in [0.25, 0.3) is 0 Å². The van der Waals surface area contributed by atoms with Gasteiger partial charge in [-0.25, -0.2) is 9.97 Å². The Kier molecular flexibility index (Phi) is 5.09. The van der Waals surface area contributed by atoms with Gasteiger partial charge < -0.3 is 10.8 Å². The van der Waals surface area contributed by atoms with Crippen LogP contribution in [-0.4, -0.2) is 20.1 Å². The summed E-state index contributed by atoms with van der Waals surface area (Å²) in [5, 5.41) is 11.1. The van der Waals surface area contributed by atoms with Gasteiger partial charge in [0, 0.05) is 40.7 Å². The van der Waals surface area contributed by atoms with Crippen molar-refractivity contribution in [3.63, 3.8) is 0 Å². The van der Waals surface area contributed by atoms with Crippen LogP contribution in [0.4, 0.5) is 0 Å². The molecular weight excluding hydrogens is 396 g/mol. The van der Waals surface area contributed by atoms with Gasteiger partial charge in [-0.15, -0.1) is 0 Å². The molecule has 0 aliphatic carbocycles. The summed E-state index contributed by atoms with van der Waals surface area (Å²) in [5.74, 6) is 0.0973. The molecule has 3 N–H and O–H groups in total. The van der Waals surface area contributed by atoms with Crippen molar-refractivity contribution >= 4 is 11.0 Å². The summed E-state index contributed by atoms with van der Waals surface area (Å²) >= 11 is 0. The molecule has 0 unspecified atom stereocenters. The van der Waals surface area contributed by atoms with Crippen LogP contribution in [0.5, 0.6) is 5.75 Å². The summed E-state index contributed by atoms with van der Waals surface area (Å²) in [5.41, 5.74) is 13.7. The van der Waals surface area contributed by atoms with Crippen molar-refractivity contribution < 1.29 is 5.11 Å². The normalized spacial score (nSPS) is 11.1. The van der Waals surface area contributed by atoms with Gasteiger partial charge in [-0.05, 0) is 30.7 Å². The first-order valence-corrected chi connectivity index (χ1v) is 10.5. The number of phenolic OH excluding ortho intramolecular Hbond substituents is 1. The lowest BCUT2D eigenvalue weighted by Gasteiger charge is -2.13. The first-order chi connectivity index (χ1) is 15.6. The van der Waals surface area contributed by atoms with Crippen LogP contribution in [0.1, 0.15) is 11.3 Å². The molecule has 2 aromatic heterocycles. The molecule has 0 saturated carbocycles. The van der Waals surface area contributed by atoms with Crippen molar-refractivity contribution in [3.8, 4) is 39.4 Å². The maximum absolute atomic E-state index is 11.1. The third-order valence-corrected chi connectivity index (χ3v) is 5.54. The second kappa shape index (κ2) is 8.21. The summed E-state index contributed by atoms with van der Waals surface area (Å²) in [7, 11) is 0. The number of nitrogens with zero attached hydrogens (tertiary/aromatic N) is 3. The highest BCUT2D eigenvalue weighted by atomic mass is 16.3. The number of aromatic nitrogens is 3. The van der Waals surface area contributed by atoms with Crippen molar-refractivity contribution in [2.45, 2.75) is 13.5 Å². The van der Waals surface area contributed by atoms with Crippen molar-refractivity contribution in [1.82, 2.24) is 15.0 Å². The summed E-state index contributed by atoms with van der Waals surface area (Å²) < 4.78 is 0. The fourth-order valence-corrected chi connectivity index (χ4v) is 3.76. The minimum Gasteiger partial charge on any atom is -0.505 e. The predicted octanol–water partition coefficient (Wildman–Crippen LogP) is 5.50. The second-order valence-corrected chi connectivity index (χ2v) is 7.71. The van der Waals surface area contributed by atoms with Gasteiger partial charge in [0.05, 0.1) is 16.9 Å². The maximum Gasteiger partial charge on any atom is 0.151 e. The number of nitrogens with two attached hydrogens (primary N) is 1. The molecular formula is C27H22N4O. The lowest BCUT2D eigenvalue weighted by molar-refractivity contribution is 0.482. The van der Waals surface area contributed by atoms with E-state index in [0.29, 0.717) is 28.8 Å². The number of benzene rings is 3. The van der Waals surface area contributed by atoms with E-state index in [-0.39, 0.29) is 5.75 Å². The molecule has 0 saturated heterocycles. The zero-order valence-electron chi connectivity index (χ0n) is 17.7. The Labute approximate surface area is 186 Å². The SMILES string of the molecule is Cc1ccc(-c2ccc3nc(-c4ccccc4)c(-c4ccc(CN)cc4)nc3c2O)cn1. The van der Waals surface area contributed by atoms with Crippen molar-refractivity contribution in [2.24, 2.45) is 5.73 Å². The molecule has 0 radical (unpaired) electrons. The van der Waals surface area contributed by atoms with E-state index in [9.17, 15) is 5.11 Å². The topological polar surface area (TPSA) is 84.9 Å². The number of hydrogen-bond donors (Lipinski definition) is 2. The fraction of sp³-hybridized carbons (Fsp3) is 0.0741. The molecule has 0 aliphatic heterocycles. The quantitative estimate of drug-likeness (QED) is 0.403. The van der Waals surface area contributed by atoms with Crippen LogP contribution in [0.2, 0.25) is 0 Å². The minimum absolute atomic E-state index is 0.0973. The summed E-state index contributed by atoms with van der Waals surface area (Å²) in [4.78, 5) is 14.2. The molecule has 156 valence electrons. The molecule has 3 aromatic carbocycles. The molecule has 2 heterocycles. The van der Waals surface area contributed by atoms with E-state index >= 15 is 0 Å². The van der Waals surface area contributed by atoms with Crippen LogP contribution in [-0.2, 0) is 6.54 Å². The van der Waals surface area contributed by atoms with Gasteiger partial charge in [-0.3, -0.25) is 4.98 Å². The zero-order valence-corrected chi connectivity index (χ0v) is 17.7. The average molecular weight is 419 g/mol. The smallest absolute Gasteiger partial charge is 0.151 e. The van der Waals surface area contributed by atoms with Gasteiger partial charge in [0.1, 0.15) is 5.52 Å². The van der Waals surface area contributed by atoms with E-state index in [1.807, 2.05) is 85.8 Å². The molecule has 32 heavy (non-hydrogen) atoms. The van der Waals surface area contributed by atoms with Gasteiger partial charge in [0.15, 0.2) is 5.75 Å². The van der Waals surface area contributed by atoms with Crippen molar-refractivity contribution in [2.75, 3.05) is 0 Å². The van der Waals surface area contributed by atoms with E-state index in [1.54, 1.807) is 6.20 Å². The third kappa shape index (κ3) is 3.59. The van der Waals surface area contributed by atoms with Crippen LogP contribution in [0, 0.1) is 6.92 Å².